The van der Waals surface area contributed by atoms with E-state index >= 15 is 0 Å². The summed E-state index contributed by atoms with van der Waals surface area (Å²) >= 11 is 6.15. The minimum Gasteiger partial charge on any atom is -0.487 e. The maximum absolute atomic E-state index is 12.6. The molecule has 9 heteroatoms. The molecule has 1 amide bonds. The number of anilines is 1. The van der Waals surface area contributed by atoms with Crippen molar-refractivity contribution in [1.29, 1.82) is 0 Å². The number of pyridine rings is 1. The van der Waals surface area contributed by atoms with E-state index in [0.717, 1.165) is 29.7 Å². The van der Waals surface area contributed by atoms with Crippen LogP contribution in [0.2, 0.25) is 5.15 Å². The summed E-state index contributed by atoms with van der Waals surface area (Å²) in [6, 6.07) is 15.5. The van der Waals surface area contributed by atoms with E-state index < -0.39 is 0 Å². The molecule has 5 rings (SSSR count). The van der Waals surface area contributed by atoms with Crippen LogP contribution in [0.15, 0.2) is 73.3 Å². The number of hydrogen-bond donors (Lipinski definition) is 1. The van der Waals surface area contributed by atoms with E-state index in [9.17, 15) is 4.79 Å². The van der Waals surface area contributed by atoms with E-state index in [1.165, 1.54) is 6.20 Å². The Morgan fingerprint density at radius 2 is 2.00 bits per heavy atom. The van der Waals surface area contributed by atoms with Crippen LogP contribution < -0.4 is 10.1 Å². The summed E-state index contributed by atoms with van der Waals surface area (Å²) in [5.74, 6) is 0.700. The highest BCUT2D eigenvalue weighted by Gasteiger charge is 2.45. The van der Waals surface area contributed by atoms with Crippen molar-refractivity contribution in [3.05, 3.63) is 95.2 Å². The van der Waals surface area contributed by atoms with Crippen molar-refractivity contribution in [2.24, 2.45) is 5.92 Å². The van der Waals surface area contributed by atoms with Gasteiger partial charge in [0.25, 0.3) is 0 Å². The van der Waals surface area contributed by atoms with E-state index in [1.807, 2.05) is 41.2 Å². The number of rotatable bonds is 8. The smallest absolute Gasteiger partial charge is 0.229 e. The van der Waals surface area contributed by atoms with Crippen LogP contribution >= 0.6 is 11.6 Å². The SMILES string of the molecule is O=C(Nc1cc(OCc2ccc(Cn3cccn3)cc2)cnn1)C1CC1c1cccnc1Cl. The van der Waals surface area contributed by atoms with Crippen LogP contribution in [0.25, 0.3) is 0 Å². The fourth-order valence-electron chi connectivity index (χ4n) is 3.70. The Morgan fingerprint density at radius 1 is 1.15 bits per heavy atom. The minimum atomic E-state index is -0.154. The average molecular weight is 461 g/mol. The number of halogens is 1. The topological polar surface area (TPSA) is 94.8 Å². The summed E-state index contributed by atoms with van der Waals surface area (Å²) in [4.78, 5) is 16.7. The number of hydrogen-bond acceptors (Lipinski definition) is 6. The van der Waals surface area contributed by atoms with Crippen LogP contribution in [0, 0.1) is 5.92 Å². The Balaban J connectivity index is 1.14. The van der Waals surface area contributed by atoms with Gasteiger partial charge in [-0.25, -0.2) is 4.98 Å². The number of aromatic nitrogens is 5. The van der Waals surface area contributed by atoms with Gasteiger partial charge in [0, 0.05) is 30.6 Å². The Hall–Kier alpha value is -3.78. The highest BCUT2D eigenvalue weighted by molar-refractivity contribution is 6.30. The van der Waals surface area contributed by atoms with Gasteiger partial charge in [0.2, 0.25) is 5.91 Å². The van der Waals surface area contributed by atoms with Crippen LogP contribution in [0.1, 0.15) is 29.0 Å². The molecule has 1 aliphatic carbocycles. The highest BCUT2D eigenvalue weighted by atomic mass is 35.5. The van der Waals surface area contributed by atoms with Gasteiger partial charge in [-0.1, -0.05) is 41.9 Å². The van der Waals surface area contributed by atoms with E-state index in [1.54, 1.807) is 18.5 Å². The van der Waals surface area contributed by atoms with Gasteiger partial charge in [-0.3, -0.25) is 9.48 Å². The molecule has 166 valence electrons. The summed E-state index contributed by atoms with van der Waals surface area (Å²) < 4.78 is 7.72. The highest BCUT2D eigenvalue weighted by Crippen LogP contribution is 2.49. The summed E-state index contributed by atoms with van der Waals surface area (Å²) in [6.07, 6.45) is 7.59. The Labute approximate surface area is 195 Å². The standard InChI is InChI=1S/C24H21ClN6O2/c25-23-19(3-1-8-26-23)20-12-21(20)24(32)29-22-11-18(13-27-30-22)33-15-17-6-4-16(5-7-17)14-31-10-2-9-28-31/h1-11,13,20-21H,12,14-15H2,(H,29,30,32). The van der Waals surface area contributed by atoms with Crippen molar-refractivity contribution in [2.45, 2.75) is 25.5 Å². The maximum atomic E-state index is 12.6. The van der Waals surface area contributed by atoms with Crippen LogP contribution in [-0.2, 0) is 17.9 Å². The molecule has 1 aliphatic rings. The van der Waals surface area contributed by atoms with E-state index in [0.29, 0.717) is 23.3 Å². The lowest BCUT2D eigenvalue weighted by Crippen LogP contribution is -2.16. The zero-order valence-corrected chi connectivity index (χ0v) is 18.4. The van der Waals surface area contributed by atoms with Crippen molar-refractivity contribution in [3.63, 3.8) is 0 Å². The van der Waals surface area contributed by atoms with E-state index in [-0.39, 0.29) is 17.7 Å². The Bertz CT molecular complexity index is 1250. The van der Waals surface area contributed by atoms with Gasteiger partial charge in [0.05, 0.1) is 12.7 Å². The first-order valence-corrected chi connectivity index (χ1v) is 11.0. The summed E-state index contributed by atoms with van der Waals surface area (Å²) in [5.41, 5.74) is 3.08. The summed E-state index contributed by atoms with van der Waals surface area (Å²) in [6.45, 7) is 1.10. The lowest BCUT2D eigenvalue weighted by Gasteiger charge is -2.09. The molecule has 3 heterocycles. The Kier molecular flexibility index (Phi) is 5.99. The second kappa shape index (κ2) is 9.38. The van der Waals surface area contributed by atoms with E-state index in [4.69, 9.17) is 16.3 Å². The predicted molar refractivity (Wildman–Crippen MR) is 123 cm³/mol. The number of amides is 1. The van der Waals surface area contributed by atoms with Gasteiger partial charge in [-0.15, -0.1) is 5.10 Å². The molecule has 2 unspecified atom stereocenters. The molecule has 1 aromatic carbocycles. The molecule has 1 saturated carbocycles. The molecule has 0 bridgehead atoms. The molecule has 3 aromatic heterocycles. The fourth-order valence-corrected chi connectivity index (χ4v) is 3.96. The van der Waals surface area contributed by atoms with Crippen molar-refractivity contribution in [3.8, 4) is 5.75 Å². The molecule has 2 atom stereocenters. The first-order chi connectivity index (χ1) is 16.2. The average Bonchev–Trinajstić information content (AvgIpc) is 3.47. The number of carbonyl (C=O) groups excluding carboxylic acids is 1. The molecule has 0 aliphatic heterocycles. The van der Waals surface area contributed by atoms with Crippen LogP contribution in [-0.4, -0.2) is 30.9 Å². The van der Waals surface area contributed by atoms with Crippen LogP contribution in [0.4, 0.5) is 5.82 Å². The molecule has 1 fully saturated rings. The fraction of sp³-hybridized carbons (Fsp3) is 0.208. The molecule has 8 nitrogen and oxygen atoms in total. The number of ether oxygens (including phenoxy) is 1. The van der Waals surface area contributed by atoms with Gasteiger partial charge in [-0.2, -0.15) is 10.2 Å². The molecule has 4 aromatic rings. The molecule has 0 radical (unpaired) electrons. The maximum Gasteiger partial charge on any atom is 0.229 e. The van der Waals surface area contributed by atoms with Crippen molar-refractivity contribution in [2.75, 3.05) is 5.32 Å². The number of carbonyl (C=O) groups is 1. The van der Waals surface area contributed by atoms with Gasteiger partial charge in [-0.05, 0) is 41.2 Å². The molecule has 0 spiro atoms. The first kappa shape index (κ1) is 21.1. The van der Waals surface area contributed by atoms with Gasteiger partial charge < -0.3 is 10.1 Å². The largest absolute Gasteiger partial charge is 0.487 e. The van der Waals surface area contributed by atoms with Crippen molar-refractivity contribution >= 4 is 23.3 Å². The Morgan fingerprint density at radius 3 is 2.79 bits per heavy atom. The molecular formula is C24H21ClN6O2. The summed E-state index contributed by atoms with van der Waals surface area (Å²) in [5, 5.41) is 15.4. The zero-order chi connectivity index (χ0) is 22.6. The molecule has 33 heavy (non-hydrogen) atoms. The lowest BCUT2D eigenvalue weighted by molar-refractivity contribution is -0.117. The minimum absolute atomic E-state index is 0.0786. The number of nitrogens with zero attached hydrogens (tertiary/aromatic N) is 5. The normalized spacial score (nSPS) is 16.9. The van der Waals surface area contributed by atoms with Gasteiger partial charge in [0.15, 0.2) is 5.82 Å². The lowest BCUT2D eigenvalue weighted by atomic mass is 10.1. The monoisotopic (exact) mass is 460 g/mol. The first-order valence-electron chi connectivity index (χ1n) is 10.6. The van der Waals surface area contributed by atoms with Crippen molar-refractivity contribution in [1.82, 2.24) is 25.0 Å². The van der Waals surface area contributed by atoms with Crippen LogP contribution in [0.5, 0.6) is 5.75 Å². The third-order valence-corrected chi connectivity index (χ3v) is 5.84. The van der Waals surface area contributed by atoms with Gasteiger partial charge in [0.1, 0.15) is 17.5 Å². The van der Waals surface area contributed by atoms with E-state index in [2.05, 4.69) is 37.7 Å². The third kappa shape index (κ3) is 5.18. The van der Waals surface area contributed by atoms with Crippen molar-refractivity contribution < 1.29 is 9.53 Å². The zero-order valence-electron chi connectivity index (χ0n) is 17.6. The molecular weight excluding hydrogens is 440 g/mol. The number of benzene rings is 1. The molecule has 1 N–H and O–H groups in total. The third-order valence-electron chi connectivity index (χ3n) is 5.53. The predicted octanol–water partition coefficient (Wildman–Crippen LogP) is 4.09. The van der Waals surface area contributed by atoms with Crippen LogP contribution in [0.3, 0.4) is 0 Å². The summed E-state index contributed by atoms with van der Waals surface area (Å²) in [7, 11) is 0. The second-order valence-electron chi connectivity index (χ2n) is 7.91. The number of nitrogens with one attached hydrogen (secondary N) is 1. The second-order valence-corrected chi connectivity index (χ2v) is 8.26. The quantitative estimate of drug-likeness (QED) is 0.398. The molecule has 0 saturated heterocycles. The van der Waals surface area contributed by atoms with Gasteiger partial charge >= 0.3 is 0 Å².